The molecule has 6 heteroatoms. The number of rotatable bonds is 7. The lowest BCUT2D eigenvalue weighted by atomic mass is 10.2. The van der Waals surface area contributed by atoms with Gasteiger partial charge >= 0.3 is 5.97 Å². The molecule has 0 saturated carbocycles. The number of nitrogens with one attached hydrogen (secondary N) is 1. The van der Waals surface area contributed by atoms with E-state index in [2.05, 4.69) is 17.3 Å². The van der Waals surface area contributed by atoms with Gasteiger partial charge in [-0.3, -0.25) is 9.59 Å². The zero-order valence-corrected chi connectivity index (χ0v) is 14.8. The molecular weight excluding hydrogens is 306 g/mol. The molecule has 2 atom stereocenters. The number of amides is 1. The average Bonchev–Trinajstić information content (AvgIpc) is 2.91. The lowest BCUT2D eigenvalue weighted by Crippen LogP contribution is -2.44. The van der Waals surface area contributed by atoms with Crippen LogP contribution in [0.4, 0.5) is 0 Å². The van der Waals surface area contributed by atoms with Gasteiger partial charge in [-0.1, -0.05) is 5.92 Å². The van der Waals surface area contributed by atoms with Crippen molar-refractivity contribution in [3.8, 4) is 18.4 Å². The summed E-state index contributed by atoms with van der Waals surface area (Å²) < 4.78 is 5.23. The van der Waals surface area contributed by atoms with Gasteiger partial charge in [0.1, 0.15) is 11.6 Å². The normalized spacial score (nSPS) is 20.3. The largest absolute Gasteiger partial charge is 0.460 e. The fourth-order valence-electron chi connectivity index (χ4n) is 2.65. The van der Waals surface area contributed by atoms with Gasteiger partial charge in [0, 0.05) is 6.42 Å². The van der Waals surface area contributed by atoms with Crippen LogP contribution < -0.4 is 5.32 Å². The lowest BCUT2D eigenvalue weighted by molar-refractivity contribution is -0.154. The van der Waals surface area contributed by atoms with Crippen LogP contribution >= 0.6 is 0 Å². The number of carbonyl (C=O) groups excluding carboxylic acids is 2. The molecule has 0 aromatic carbocycles. The number of likely N-dealkylation sites (tertiary alicyclic amines) is 1. The van der Waals surface area contributed by atoms with Crippen LogP contribution in [-0.4, -0.2) is 47.6 Å². The summed E-state index contributed by atoms with van der Waals surface area (Å²) in [4.78, 5) is 25.3. The van der Waals surface area contributed by atoms with E-state index in [0.717, 1.165) is 6.42 Å². The highest BCUT2D eigenvalue weighted by Gasteiger charge is 2.35. The minimum Gasteiger partial charge on any atom is -0.460 e. The lowest BCUT2D eigenvalue weighted by Gasteiger charge is -2.24. The van der Waals surface area contributed by atoms with Crippen molar-refractivity contribution in [3.63, 3.8) is 0 Å². The maximum Gasteiger partial charge on any atom is 0.306 e. The van der Waals surface area contributed by atoms with Crippen LogP contribution in [0.3, 0.4) is 0 Å². The third kappa shape index (κ3) is 6.60. The van der Waals surface area contributed by atoms with E-state index in [1.807, 2.05) is 20.8 Å². The van der Waals surface area contributed by atoms with E-state index in [9.17, 15) is 9.59 Å². The fourth-order valence-corrected chi connectivity index (χ4v) is 2.65. The fraction of sp³-hybridized carbons (Fsp3) is 0.722. The number of hydrogen-bond donors (Lipinski definition) is 1. The molecule has 24 heavy (non-hydrogen) atoms. The van der Waals surface area contributed by atoms with Crippen LogP contribution in [0, 0.1) is 23.7 Å². The Kier molecular flexibility index (Phi) is 7.74. The van der Waals surface area contributed by atoms with Crippen molar-refractivity contribution in [2.75, 3.05) is 13.1 Å². The maximum absolute atomic E-state index is 12.2. The molecule has 1 fully saturated rings. The van der Waals surface area contributed by atoms with Gasteiger partial charge < -0.3 is 15.0 Å². The zero-order chi connectivity index (χ0) is 18.2. The standard InChI is InChI=1S/C18H27N3O3/c1-5-14-9-10-15(12-19)21(14)16(22)13-20-11-7-6-8-17(23)24-18(2,3)4/h1,14-15,20H,6-11,13H2,2-4H3/t14-,15-/m0/s1. The molecule has 1 aliphatic rings. The number of esters is 1. The summed E-state index contributed by atoms with van der Waals surface area (Å²) in [7, 11) is 0. The van der Waals surface area contributed by atoms with Gasteiger partial charge in [-0.15, -0.1) is 6.42 Å². The smallest absolute Gasteiger partial charge is 0.306 e. The second kappa shape index (κ2) is 9.30. The van der Waals surface area contributed by atoms with Gasteiger partial charge in [-0.25, -0.2) is 0 Å². The van der Waals surface area contributed by atoms with Gasteiger partial charge in [0.05, 0.1) is 18.7 Å². The number of carbonyl (C=O) groups is 2. The van der Waals surface area contributed by atoms with E-state index in [-0.39, 0.29) is 24.5 Å². The van der Waals surface area contributed by atoms with Crippen molar-refractivity contribution in [3.05, 3.63) is 0 Å². The van der Waals surface area contributed by atoms with E-state index < -0.39 is 11.6 Å². The van der Waals surface area contributed by atoms with Crippen molar-refractivity contribution in [2.24, 2.45) is 0 Å². The third-order valence-corrected chi connectivity index (χ3v) is 3.70. The van der Waals surface area contributed by atoms with Crippen LogP contribution in [0.15, 0.2) is 0 Å². The van der Waals surface area contributed by atoms with Crippen molar-refractivity contribution in [1.29, 1.82) is 5.26 Å². The summed E-state index contributed by atoms with van der Waals surface area (Å²) in [5.74, 6) is 2.23. The van der Waals surface area contributed by atoms with Crippen molar-refractivity contribution < 1.29 is 14.3 Å². The minimum atomic E-state index is -0.456. The molecule has 0 radical (unpaired) electrons. The molecule has 132 valence electrons. The minimum absolute atomic E-state index is 0.144. The third-order valence-electron chi connectivity index (χ3n) is 3.70. The highest BCUT2D eigenvalue weighted by atomic mass is 16.6. The second-order valence-corrected chi connectivity index (χ2v) is 6.93. The molecule has 0 bridgehead atoms. The molecule has 1 amide bonds. The zero-order valence-electron chi connectivity index (χ0n) is 14.8. The Morgan fingerprint density at radius 1 is 1.29 bits per heavy atom. The molecule has 1 N–H and O–H groups in total. The Balaban J connectivity index is 2.21. The van der Waals surface area contributed by atoms with Gasteiger partial charge in [-0.2, -0.15) is 5.26 Å². The monoisotopic (exact) mass is 333 g/mol. The van der Waals surface area contributed by atoms with E-state index in [1.54, 1.807) is 0 Å². The predicted molar refractivity (Wildman–Crippen MR) is 90.7 cm³/mol. The highest BCUT2D eigenvalue weighted by molar-refractivity contribution is 5.80. The average molecular weight is 333 g/mol. The summed E-state index contributed by atoms with van der Waals surface area (Å²) in [5.41, 5.74) is -0.456. The van der Waals surface area contributed by atoms with Crippen LogP contribution in [-0.2, 0) is 14.3 Å². The Labute approximate surface area is 144 Å². The van der Waals surface area contributed by atoms with E-state index in [1.165, 1.54) is 4.90 Å². The summed E-state index contributed by atoms with van der Waals surface area (Å²) in [6, 6.07) is 1.43. The van der Waals surface area contributed by atoms with Crippen LogP contribution in [0.5, 0.6) is 0 Å². The quantitative estimate of drug-likeness (QED) is 0.435. The maximum atomic E-state index is 12.2. The number of ether oxygens (including phenoxy) is 1. The topological polar surface area (TPSA) is 82.4 Å². The molecule has 0 aromatic rings. The Hall–Kier alpha value is -2.05. The summed E-state index contributed by atoms with van der Waals surface area (Å²) in [6.45, 7) is 6.31. The number of nitriles is 1. The number of terminal acetylenes is 1. The molecule has 0 aromatic heterocycles. The molecule has 0 spiro atoms. The first kappa shape index (κ1) is 20.0. The Morgan fingerprint density at radius 3 is 2.54 bits per heavy atom. The number of unbranched alkanes of at least 4 members (excludes halogenated alkanes) is 1. The molecule has 0 unspecified atom stereocenters. The summed E-state index contributed by atoms with van der Waals surface area (Å²) in [6.07, 6.45) is 8.58. The Bertz CT molecular complexity index is 503. The number of nitrogens with zero attached hydrogens (tertiary/aromatic N) is 2. The molecule has 1 saturated heterocycles. The Morgan fingerprint density at radius 2 is 1.96 bits per heavy atom. The summed E-state index contributed by atoms with van der Waals surface area (Å²) >= 11 is 0. The first-order valence-corrected chi connectivity index (χ1v) is 8.38. The van der Waals surface area contributed by atoms with Crippen LogP contribution in [0.25, 0.3) is 0 Å². The van der Waals surface area contributed by atoms with Gasteiger partial charge in [0.2, 0.25) is 5.91 Å². The molecule has 0 aliphatic carbocycles. The van der Waals surface area contributed by atoms with Gasteiger partial charge in [0.25, 0.3) is 0 Å². The van der Waals surface area contributed by atoms with Crippen molar-refractivity contribution in [2.45, 2.75) is 70.6 Å². The SMILES string of the molecule is C#C[C@H]1CC[C@@H](C#N)N1C(=O)CNCCCCC(=O)OC(C)(C)C. The van der Waals surface area contributed by atoms with E-state index >= 15 is 0 Å². The van der Waals surface area contributed by atoms with Gasteiger partial charge in [-0.05, 0) is 53.0 Å². The second-order valence-electron chi connectivity index (χ2n) is 6.93. The molecule has 1 aliphatic heterocycles. The van der Waals surface area contributed by atoms with E-state index in [4.69, 9.17) is 16.4 Å². The van der Waals surface area contributed by atoms with Gasteiger partial charge in [0.15, 0.2) is 0 Å². The van der Waals surface area contributed by atoms with Crippen molar-refractivity contribution >= 4 is 11.9 Å². The molecule has 6 nitrogen and oxygen atoms in total. The van der Waals surface area contributed by atoms with Crippen LogP contribution in [0.2, 0.25) is 0 Å². The summed E-state index contributed by atoms with van der Waals surface area (Å²) in [5, 5.41) is 12.1. The van der Waals surface area contributed by atoms with Crippen molar-refractivity contribution in [1.82, 2.24) is 10.2 Å². The molecule has 1 rings (SSSR count). The highest BCUT2D eigenvalue weighted by Crippen LogP contribution is 2.23. The predicted octanol–water partition coefficient (Wildman–Crippen LogP) is 1.60. The van der Waals surface area contributed by atoms with Crippen LogP contribution in [0.1, 0.15) is 52.9 Å². The first-order valence-electron chi connectivity index (χ1n) is 8.38. The first-order chi connectivity index (χ1) is 11.3. The van der Waals surface area contributed by atoms with E-state index in [0.29, 0.717) is 32.2 Å². The number of hydrogen-bond acceptors (Lipinski definition) is 5. The molecular formula is C18H27N3O3. The molecule has 1 heterocycles.